The van der Waals surface area contributed by atoms with E-state index in [4.69, 9.17) is 5.73 Å². The molecular formula is C14H21N. The molecule has 0 unspecified atom stereocenters. The summed E-state index contributed by atoms with van der Waals surface area (Å²) >= 11 is 0. The van der Waals surface area contributed by atoms with Gasteiger partial charge in [0.1, 0.15) is 0 Å². The summed E-state index contributed by atoms with van der Waals surface area (Å²) in [5.41, 5.74) is 9.53. The quantitative estimate of drug-likeness (QED) is 0.706. The maximum atomic E-state index is 5.49. The third kappa shape index (κ3) is 3.88. The molecule has 2 N–H and O–H groups in total. The second kappa shape index (κ2) is 6.41. The summed E-state index contributed by atoms with van der Waals surface area (Å²) in [6.45, 7) is 6.80. The fourth-order valence-corrected chi connectivity index (χ4v) is 1.73. The number of rotatable bonds is 6. The topological polar surface area (TPSA) is 26.0 Å². The van der Waals surface area contributed by atoms with Crippen LogP contribution >= 0.6 is 0 Å². The molecule has 1 nitrogen and oxygen atoms in total. The molecule has 0 fully saturated rings. The lowest BCUT2D eigenvalue weighted by Crippen LogP contribution is -1.99. The van der Waals surface area contributed by atoms with Crippen LogP contribution in [0.15, 0.2) is 24.8 Å². The molecule has 82 valence electrons. The van der Waals surface area contributed by atoms with Gasteiger partial charge in [-0.25, -0.2) is 0 Å². The monoisotopic (exact) mass is 203 g/mol. The number of nitrogens with two attached hydrogens (primary N) is 1. The van der Waals surface area contributed by atoms with Crippen molar-refractivity contribution in [2.75, 3.05) is 6.54 Å². The van der Waals surface area contributed by atoms with Crippen LogP contribution in [0.25, 0.3) is 6.08 Å². The van der Waals surface area contributed by atoms with E-state index in [2.05, 4.69) is 31.7 Å². The molecule has 0 bridgehead atoms. The van der Waals surface area contributed by atoms with Gasteiger partial charge in [0.2, 0.25) is 0 Å². The Morgan fingerprint density at radius 2 is 1.93 bits per heavy atom. The average Bonchev–Trinajstić information content (AvgIpc) is 2.29. The van der Waals surface area contributed by atoms with Gasteiger partial charge in [0.05, 0.1) is 0 Å². The average molecular weight is 203 g/mol. The normalized spacial score (nSPS) is 10.3. The van der Waals surface area contributed by atoms with Crippen molar-refractivity contribution in [3.05, 3.63) is 41.5 Å². The minimum absolute atomic E-state index is 0.793. The Hall–Kier alpha value is -1.08. The van der Waals surface area contributed by atoms with Crippen molar-refractivity contribution in [2.45, 2.75) is 32.6 Å². The number of aryl methyl sites for hydroxylation is 2. The summed E-state index contributed by atoms with van der Waals surface area (Å²) in [5.74, 6) is 0. The molecular weight excluding hydrogens is 182 g/mol. The number of unbranched alkanes of at least 4 members (excludes halogenated alkanes) is 1. The summed E-state index contributed by atoms with van der Waals surface area (Å²) in [6, 6.07) is 6.73. The van der Waals surface area contributed by atoms with Crippen LogP contribution in [0, 0.1) is 0 Å². The lowest BCUT2D eigenvalue weighted by Gasteiger charge is -2.06. The van der Waals surface area contributed by atoms with Gasteiger partial charge in [-0.15, -0.1) is 0 Å². The SMILES string of the molecule is C=Cc1cc(CC)cc(CCCCN)c1. The Morgan fingerprint density at radius 3 is 2.53 bits per heavy atom. The van der Waals surface area contributed by atoms with Crippen LogP contribution < -0.4 is 5.73 Å². The van der Waals surface area contributed by atoms with E-state index < -0.39 is 0 Å². The van der Waals surface area contributed by atoms with Crippen LogP contribution in [0.5, 0.6) is 0 Å². The highest BCUT2D eigenvalue weighted by atomic mass is 14.5. The van der Waals surface area contributed by atoms with Gasteiger partial charge in [0.15, 0.2) is 0 Å². The fraction of sp³-hybridized carbons (Fsp3) is 0.429. The van der Waals surface area contributed by atoms with Crippen molar-refractivity contribution in [1.29, 1.82) is 0 Å². The van der Waals surface area contributed by atoms with Gasteiger partial charge in [0.25, 0.3) is 0 Å². The number of hydrogen-bond donors (Lipinski definition) is 1. The van der Waals surface area contributed by atoms with Crippen LogP contribution in [0.3, 0.4) is 0 Å². The fourth-order valence-electron chi connectivity index (χ4n) is 1.73. The molecule has 1 aromatic carbocycles. The molecule has 0 heterocycles. The molecule has 1 heteroatoms. The van der Waals surface area contributed by atoms with E-state index in [1.807, 2.05) is 6.08 Å². The molecule has 0 aromatic heterocycles. The Kier molecular flexibility index (Phi) is 5.13. The lowest BCUT2D eigenvalue weighted by molar-refractivity contribution is 0.744. The van der Waals surface area contributed by atoms with Gasteiger partial charge in [0, 0.05) is 0 Å². The second-order valence-corrected chi connectivity index (χ2v) is 3.89. The second-order valence-electron chi connectivity index (χ2n) is 3.89. The van der Waals surface area contributed by atoms with Crippen LogP contribution in [0.1, 0.15) is 36.5 Å². The maximum absolute atomic E-state index is 5.49. The van der Waals surface area contributed by atoms with E-state index in [1.54, 1.807) is 0 Å². The largest absolute Gasteiger partial charge is 0.330 e. The first kappa shape index (κ1) is 12.0. The van der Waals surface area contributed by atoms with Gasteiger partial charge in [-0.05, 0) is 48.9 Å². The lowest BCUT2D eigenvalue weighted by atomic mass is 10.0. The highest BCUT2D eigenvalue weighted by Gasteiger charge is 1.98. The molecule has 0 saturated heterocycles. The van der Waals surface area contributed by atoms with Crippen molar-refractivity contribution >= 4 is 6.08 Å². The zero-order chi connectivity index (χ0) is 11.1. The molecule has 0 aliphatic heterocycles. The van der Waals surface area contributed by atoms with E-state index in [0.29, 0.717) is 0 Å². The van der Waals surface area contributed by atoms with Gasteiger partial charge >= 0.3 is 0 Å². The molecule has 1 aromatic rings. The molecule has 0 aliphatic rings. The van der Waals surface area contributed by atoms with E-state index >= 15 is 0 Å². The molecule has 0 saturated carbocycles. The molecule has 0 aliphatic carbocycles. The summed E-state index contributed by atoms with van der Waals surface area (Å²) in [6.07, 6.45) is 6.43. The van der Waals surface area contributed by atoms with Crippen molar-refractivity contribution < 1.29 is 0 Å². The minimum Gasteiger partial charge on any atom is -0.330 e. The molecule has 0 amide bonds. The van der Waals surface area contributed by atoms with Crippen molar-refractivity contribution in [1.82, 2.24) is 0 Å². The van der Waals surface area contributed by atoms with Crippen LogP contribution in [-0.4, -0.2) is 6.54 Å². The Labute approximate surface area is 93.0 Å². The van der Waals surface area contributed by atoms with Crippen LogP contribution in [0.2, 0.25) is 0 Å². The zero-order valence-corrected chi connectivity index (χ0v) is 9.63. The van der Waals surface area contributed by atoms with Gasteiger partial charge in [-0.2, -0.15) is 0 Å². The third-order valence-corrected chi connectivity index (χ3v) is 2.64. The summed E-state index contributed by atoms with van der Waals surface area (Å²) in [4.78, 5) is 0. The van der Waals surface area contributed by atoms with E-state index in [-0.39, 0.29) is 0 Å². The number of hydrogen-bond acceptors (Lipinski definition) is 1. The molecule has 0 spiro atoms. The molecule has 0 radical (unpaired) electrons. The standard InChI is InChI=1S/C14H21N/c1-3-12-9-13(4-2)11-14(10-12)7-5-6-8-15/h3,9-11H,1,4-8,15H2,2H3. The van der Waals surface area contributed by atoms with Crippen LogP contribution in [-0.2, 0) is 12.8 Å². The Morgan fingerprint density at radius 1 is 1.20 bits per heavy atom. The highest BCUT2D eigenvalue weighted by Crippen LogP contribution is 2.14. The van der Waals surface area contributed by atoms with Gasteiger partial charge in [-0.1, -0.05) is 37.8 Å². The first-order chi connectivity index (χ1) is 7.30. The van der Waals surface area contributed by atoms with Gasteiger partial charge < -0.3 is 5.73 Å². The smallest absolute Gasteiger partial charge is 0.00772 e. The highest BCUT2D eigenvalue weighted by molar-refractivity contribution is 5.50. The maximum Gasteiger partial charge on any atom is -0.00772 e. The van der Waals surface area contributed by atoms with Gasteiger partial charge in [-0.3, -0.25) is 0 Å². The minimum atomic E-state index is 0.793. The van der Waals surface area contributed by atoms with E-state index in [9.17, 15) is 0 Å². The third-order valence-electron chi connectivity index (χ3n) is 2.64. The summed E-state index contributed by atoms with van der Waals surface area (Å²) < 4.78 is 0. The van der Waals surface area contributed by atoms with Crippen molar-refractivity contribution in [3.63, 3.8) is 0 Å². The summed E-state index contributed by atoms with van der Waals surface area (Å²) in [5, 5.41) is 0. The summed E-state index contributed by atoms with van der Waals surface area (Å²) in [7, 11) is 0. The molecule has 15 heavy (non-hydrogen) atoms. The predicted molar refractivity (Wildman–Crippen MR) is 67.9 cm³/mol. The van der Waals surface area contributed by atoms with Crippen molar-refractivity contribution in [3.8, 4) is 0 Å². The number of benzene rings is 1. The van der Waals surface area contributed by atoms with E-state index in [1.165, 1.54) is 23.1 Å². The first-order valence-corrected chi connectivity index (χ1v) is 5.75. The zero-order valence-electron chi connectivity index (χ0n) is 9.63. The Bertz CT molecular complexity index is 315. The van der Waals surface area contributed by atoms with E-state index in [0.717, 1.165) is 25.8 Å². The van der Waals surface area contributed by atoms with Crippen molar-refractivity contribution in [2.24, 2.45) is 5.73 Å². The van der Waals surface area contributed by atoms with Crippen LogP contribution in [0.4, 0.5) is 0 Å². The molecule has 1 rings (SSSR count). The predicted octanol–water partition coefficient (Wildman–Crippen LogP) is 3.17. The first-order valence-electron chi connectivity index (χ1n) is 5.75. The Balaban J connectivity index is 2.73. The molecule has 0 atom stereocenters.